The Morgan fingerprint density at radius 3 is 2.64 bits per heavy atom. The van der Waals surface area contributed by atoms with E-state index in [2.05, 4.69) is 15.0 Å². The first-order valence-electron chi connectivity index (χ1n) is 7.78. The topological polar surface area (TPSA) is 97.8 Å². The summed E-state index contributed by atoms with van der Waals surface area (Å²) in [6.07, 6.45) is 0. The van der Waals surface area contributed by atoms with Gasteiger partial charge in [-0.1, -0.05) is 30.3 Å². The van der Waals surface area contributed by atoms with Gasteiger partial charge < -0.3 is 15.1 Å². The third-order valence-corrected chi connectivity index (χ3v) is 4.24. The third-order valence-electron chi connectivity index (χ3n) is 4.24. The highest BCUT2D eigenvalue weighted by atomic mass is 16.3. The first kappa shape index (κ1) is 13.7. The van der Waals surface area contributed by atoms with Gasteiger partial charge in [-0.25, -0.2) is 9.97 Å². The van der Waals surface area contributed by atoms with Gasteiger partial charge in [0, 0.05) is 16.3 Å². The molecule has 120 valence electrons. The van der Waals surface area contributed by atoms with Crippen molar-refractivity contribution in [2.24, 2.45) is 5.73 Å². The van der Waals surface area contributed by atoms with E-state index in [1.807, 2.05) is 54.6 Å². The number of hydrogen-bond donors (Lipinski definition) is 2. The number of carbonyl (C=O) groups is 1. The van der Waals surface area contributed by atoms with Crippen LogP contribution in [-0.2, 0) is 0 Å². The molecule has 0 spiro atoms. The van der Waals surface area contributed by atoms with Crippen LogP contribution >= 0.6 is 0 Å². The summed E-state index contributed by atoms with van der Waals surface area (Å²) >= 11 is 0. The van der Waals surface area contributed by atoms with Gasteiger partial charge in [0.1, 0.15) is 11.2 Å². The van der Waals surface area contributed by atoms with Crippen molar-refractivity contribution in [3.05, 3.63) is 60.3 Å². The average Bonchev–Trinajstić information content (AvgIpc) is 3.22. The van der Waals surface area contributed by atoms with E-state index in [1.165, 1.54) is 0 Å². The van der Waals surface area contributed by atoms with Gasteiger partial charge in [0.25, 0.3) is 5.91 Å². The van der Waals surface area contributed by atoms with Crippen LogP contribution in [0.15, 0.2) is 59.0 Å². The van der Waals surface area contributed by atoms with Crippen molar-refractivity contribution in [1.82, 2.24) is 15.0 Å². The van der Waals surface area contributed by atoms with Crippen molar-refractivity contribution in [2.45, 2.75) is 0 Å². The number of aromatic amines is 1. The van der Waals surface area contributed by atoms with Crippen molar-refractivity contribution in [3.63, 3.8) is 0 Å². The Balaban J connectivity index is 1.86. The second-order valence-corrected chi connectivity index (χ2v) is 5.80. The van der Waals surface area contributed by atoms with Gasteiger partial charge in [-0.3, -0.25) is 4.79 Å². The van der Waals surface area contributed by atoms with E-state index in [4.69, 9.17) is 10.2 Å². The highest BCUT2D eigenvalue weighted by Crippen LogP contribution is 2.31. The molecular formula is C19H12N4O2. The number of nitrogens with zero attached hydrogens (tertiary/aromatic N) is 2. The fourth-order valence-corrected chi connectivity index (χ4v) is 3.12. The standard InChI is InChI=1S/C19H12N4O2/c20-18(24)17-16-11(10-5-1-2-6-12(10)21-16)9-14(22-17)19-23-13-7-3-4-8-15(13)25-19/h1-9,21H,(H2,20,24). The van der Waals surface area contributed by atoms with E-state index in [1.54, 1.807) is 0 Å². The molecule has 6 heteroatoms. The Hall–Kier alpha value is -3.67. The summed E-state index contributed by atoms with van der Waals surface area (Å²) in [7, 11) is 0. The van der Waals surface area contributed by atoms with Crippen LogP contribution in [0, 0.1) is 0 Å². The number of oxazole rings is 1. The van der Waals surface area contributed by atoms with E-state index in [0.29, 0.717) is 22.7 Å². The highest BCUT2D eigenvalue weighted by Gasteiger charge is 2.18. The zero-order valence-electron chi connectivity index (χ0n) is 13.0. The number of benzene rings is 2. The van der Waals surface area contributed by atoms with Crippen LogP contribution in [0.25, 0.3) is 44.5 Å². The van der Waals surface area contributed by atoms with Gasteiger partial charge in [-0.15, -0.1) is 0 Å². The molecule has 0 radical (unpaired) electrons. The monoisotopic (exact) mass is 328 g/mol. The minimum Gasteiger partial charge on any atom is -0.435 e. The molecule has 0 aliphatic rings. The Kier molecular flexibility index (Phi) is 2.70. The number of pyridine rings is 1. The maximum Gasteiger partial charge on any atom is 0.269 e. The lowest BCUT2D eigenvalue weighted by Gasteiger charge is -2.01. The number of amides is 1. The molecule has 2 aromatic carbocycles. The fourth-order valence-electron chi connectivity index (χ4n) is 3.12. The number of rotatable bonds is 2. The molecule has 0 saturated carbocycles. The Morgan fingerprint density at radius 1 is 1.00 bits per heavy atom. The van der Waals surface area contributed by atoms with E-state index in [-0.39, 0.29) is 5.69 Å². The molecule has 0 fully saturated rings. The molecule has 5 rings (SSSR count). The minimum atomic E-state index is -0.602. The summed E-state index contributed by atoms with van der Waals surface area (Å²) in [6, 6.07) is 17.1. The summed E-state index contributed by atoms with van der Waals surface area (Å²) in [4.78, 5) is 24.0. The molecule has 3 heterocycles. The van der Waals surface area contributed by atoms with E-state index >= 15 is 0 Å². The van der Waals surface area contributed by atoms with E-state index in [0.717, 1.165) is 21.8 Å². The SMILES string of the molecule is NC(=O)c1nc(-c2nc3ccccc3o2)cc2c1[nH]c1ccccc12. The second-order valence-electron chi connectivity index (χ2n) is 5.80. The van der Waals surface area contributed by atoms with Gasteiger partial charge in [0.05, 0.1) is 5.52 Å². The van der Waals surface area contributed by atoms with Crippen LogP contribution in [-0.4, -0.2) is 20.9 Å². The second kappa shape index (κ2) is 4.91. The first-order valence-corrected chi connectivity index (χ1v) is 7.78. The van der Waals surface area contributed by atoms with Crippen LogP contribution < -0.4 is 5.73 Å². The first-order chi connectivity index (χ1) is 12.2. The number of aromatic nitrogens is 3. The maximum absolute atomic E-state index is 11.9. The van der Waals surface area contributed by atoms with Crippen LogP contribution in [0.1, 0.15) is 10.5 Å². The molecule has 0 aliphatic heterocycles. The summed E-state index contributed by atoms with van der Waals surface area (Å²) in [5.74, 6) is -0.245. The fraction of sp³-hybridized carbons (Fsp3) is 0. The van der Waals surface area contributed by atoms with Crippen LogP contribution in [0.4, 0.5) is 0 Å². The largest absolute Gasteiger partial charge is 0.435 e. The molecule has 0 atom stereocenters. The van der Waals surface area contributed by atoms with Gasteiger partial charge in [0.2, 0.25) is 5.89 Å². The summed E-state index contributed by atoms with van der Waals surface area (Å²) in [5.41, 5.74) is 9.13. The van der Waals surface area contributed by atoms with Crippen molar-refractivity contribution in [3.8, 4) is 11.6 Å². The highest BCUT2D eigenvalue weighted by molar-refractivity contribution is 6.14. The number of hydrogen-bond acceptors (Lipinski definition) is 4. The van der Waals surface area contributed by atoms with Gasteiger partial charge >= 0.3 is 0 Å². The van der Waals surface area contributed by atoms with Crippen LogP contribution in [0.5, 0.6) is 0 Å². The summed E-state index contributed by atoms with van der Waals surface area (Å²) in [5, 5.41) is 1.84. The number of primary amides is 1. The lowest BCUT2D eigenvalue weighted by atomic mass is 10.1. The van der Waals surface area contributed by atoms with Crippen LogP contribution in [0.3, 0.4) is 0 Å². The van der Waals surface area contributed by atoms with Crippen molar-refractivity contribution in [1.29, 1.82) is 0 Å². The molecule has 0 aliphatic carbocycles. The number of nitrogens with two attached hydrogens (primary N) is 1. The molecule has 1 amide bonds. The number of para-hydroxylation sites is 3. The lowest BCUT2D eigenvalue weighted by molar-refractivity contribution is 0.0997. The summed E-state index contributed by atoms with van der Waals surface area (Å²) < 4.78 is 5.79. The third kappa shape index (κ3) is 2.01. The smallest absolute Gasteiger partial charge is 0.269 e. The summed E-state index contributed by atoms with van der Waals surface area (Å²) in [6.45, 7) is 0. The normalized spacial score (nSPS) is 11.5. The number of H-pyrrole nitrogens is 1. The van der Waals surface area contributed by atoms with Gasteiger partial charge in [-0.05, 0) is 24.3 Å². The van der Waals surface area contributed by atoms with E-state index < -0.39 is 5.91 Å². The van der Waals surface area contributed by atoms with Gasteiger partial charge in [-0.2, -0.15) is 0 Å². The maximum atomic E-state index is 11.9. The van der Waals surface area contributed by atoms with Crippen molar-refractivity contribution < 1.29 is 9.21 Å². The zero-order chi connectivity index (χ0) is 17.0. The Morgan fingerprint density at radius 2 is 1.80 bits per heavy atom. The molecule has 3 N–H and O–H groups in total. The van der Waals surface area contributed by atoms with Crippen LogP contribution in [0.2, 0.25) is 0 Å². The molecule has 5 aromatic rings. The molecular weight excluding hydrogens is 316 g/mol. The predicted octanol–water partition coefficient (Wildman–Crippen LogP) is 3.62. The Bertz CT molecular complexity index is 1250. The predicted molar refractivity (Wildman–Crippen MR) is 95.1 cm³/mol. The quantitative estimate of drug-likeness (QED) is 0.517. The molecule has 0 bridgehead atoms. The van der Waals surface area contributed by atoms with Crippen molar-refractivity contribution in [2.75, 3.05) is 0 Å². The van der Waals surface area contributed by atoms with Gasteiger partial charge in [0.15, 0.2) is 11.3 Å². The zero-order valence-corrected chi connectivity index (χ0v) is 13.0. The number of nitrogens with one attached hydrogen (secondary N) is 1. The Labute approximate surface area is 141 Å². The molecule has 6 nitrogen and oxygen atoms in total. The molecule has 0 saturated heterocycles. The molecule has 25 heavy (non-hydrogen) atoms. The van der Waals surface area contributed by atoms with E-state index in [9.17, 15) is 4.79 Å². The number of fused-ring (bicyclic) bond motifs is 4. The lowest BCUT2D eigenvalue weighted by Crippen LogP contribution is -2.14. The minimum absolute atomic E-state index is 0.172. The average molecular weight is 328 g/mol. The van der Waals surface area contributed by atoms with Crippen molar-refractivity contribution >= 4 is 38.8 Å². The molecule has 0 unspecified atom stereocenters. The molecule has 3 aromatic heterocycles. The number of carbonyl (C=O) groups excluding carboxylic acids is 1.